The summed E-state index contributed by atoms with van der Waals surface area (Å²) in [5.41, 5.74) is 0. The number of hydrogen-bond acceptors (Lipinski definition) is 4. The molecule has 35 heavy (non-hydrogen) atoms. The van der Waals surface area contributed by atoms with E-state index in [0.29, 0.717) is 32.2 Å². The van der Waals surface area contributed by atoms with E-state index in [1.807, 2.05) is 0 Å². The van der Waals surface area contributed by atoms with Gasteiger partial charge in [0.15, 0.2) is 0 Å². The number of carboxylic acid groups (broad SMARTS) is 1. The lowest BCUT2D eigenvalue weighted by Crippen LogP contribution is -2.24. The molecule has 0 heterocycles. The van der Waals surface area contributed by atoms with Crippen LogP contribution in [0.25, 0.3) is 0 Å². The zero-order valence-corrected chi connectivity index (χ0v) is 22.1. The average Bonchev–Trinajstić information content (AvgIpc) is 2.83. The average molecular weight is 497 g/mol. The van der Waals surface area contributed by atoms with Gasteiger partial charge < -0.3 is 20.5 Å². The number of aliphatic carboxylic acids is 1. The first-order valence-electron chi connectivity index (χ1n) is 14.2. The molecule has 0 aliphatic heterocycles. The highest BCUT2D eigenvalue weighted by atomic mass is 16.4. The van der Waals surface area contributed by atoms with Gasteiger partial charge in [0.2, 0.25) is 11.8 Å². The molecule has 0 radical (unpaired) electrons. The lowest BCUT2D eigenvalue weighted by atomic mass is 10.1. The summed E-state index contributed by atoms with van der Waals surface area (Å²) in [4.78, 5) is 43.9. The van der Waals surface area contributed by atoms with Gasteiger partial charge in [0.05, 0.1) is 0 Å². The Morgan fingerprint density at radius 2 is 0.829 bits per heavy atom. The largest absolute Gasteiger partial charge is 0.481 e. The van der Waals surface area contributed by atoms with Crippen molar-refractivity contribution in [3.8, 4) is 0 Å². The first kappa shape index (κ1) is 33.1. The maximum Gasteiger partial charge on any atom is 0.303 e. The number of amides is 2. The van der Waals surface area contributed by atoms with Crippen LogP contribution in [0.4, 0.5) is 0 Å². The normalized spacial score (nSPS) is 10.7. The van der Waals surface area contributed by atoms with E-state index >= 15 is 0 Å². The van der Waals surface area contributed by atoms with E-state index in [-0.39, 0.29) is 11.8 Å². The Kier molecular flexibility index (Phi) is 25.2. The number of carboxylic acids is 1. The minimum Gasteiger partial charge on any atom is -0.481 e. The van der Waals surface area contributed by atoms with Gasteiger partial charge in [0, 0.05) is 38.8 Å². The molecular weight excluding hydrogens is 444 g/mol. The Hall–Kier alpha value is -1.92. The van der Waals surface area contributed by atoms with E-state index in [9.17, 15) is 19.2 Å². The molecule has 7 heteroatoms. The lowest BCUT2D eigenvalue weighted by molar-refractivity contribution is -0.137. The molecule has 204 valence electrons. The maximum atomic E-state index is 11.9. The molecule has 0 aliphatic carbocycles. The number of rotatable bonds is 27. The molecule has 0 unspecified atom stereocenters. The van der Waals surface area contributed by atoms with Crippen LogP contribution in [0.2, 0.25) is 0 Å². The second kappa shape index (κ2) is 26.7. The third kappa shape index (κ3) is 28.2. The number of unbranched alkanes of at least 4 members (excludes halogenated alkanes) is 16. The van der Waals surface area contributed by atoms with Gasteiger partial charge in [-0.15, -0.1) is 0 Å². The second-order valence-electron chi connectivity index (χ2n) is 9.66. The van der Waals surface area contributed by atoms with Crippen LogP contribution in [-0.2, 0) is 19.2 Å². The van der Waals surface area contributed by atoms with Gasteiger partial charge >= 0.3 is 5.97 Å². The molecule has 0 aromatic carbocycles. The number of carbonyl (C=O) groups excluding carboxylic acids is 3. The molecule has 2 amide bonds. The smallest absolute Gasteiger partial charge is 0.303 e. The van der Waals surface area contributed by atoms with E-state index in [0.717, 1.165) is 70.6 Å². The van der Waals surface area contributed by atoms with Crippen LogP contribution in [0.15, 0.2) is 0 Å². The summed E-state index contributed by atoms with van der Waals surface area (Å²) in [6.07, 6.45) is 22.7. The Balaban J connectivity index is 3.21. The van der Waals surface area contributed by atoms with E-state index in [1.54, 1.807) is 0 Å². The van der Waals surface area contributed by atoms with Gasteiger partial charge in [0.1, 0.15) is 6.29 Å². The topological polar surface area (TPSA) is 113 Å². The van der Waals surface area contributed by atoms with E-state index < -0.39 is 5.97 Å². The highest BCUT2D eigenvalue weighted by molar-refractivity contribution is 5.78. The summed E-state index contributed by atoms with van der Waals surface area (Å²) in [5, 5.41) is 14.5. The molecule has 0 aromatic rings. The summed E-state index contributed by atoms with van der Waals surface area (Å²) in [7, 11) is 0. The summed E-state index contributed by atoms with van der Waals surface area (Å²) >= 11 is 0. The first-order valence-corrected chi connectivity index (χ1v) is 14.2. The van der Waals surface area contributed by atoms with Crippen molar-refractivity contribution in [2.24, 2.45) is 0 Å². The minimum absolute atomic E-state index is 0.0308. The fraction of sp³-hybridized carbons (Fsp3) is 0.857. The molecule has 0 fully saturated rings. The zero-order valence-electron chi connectivity index (χ0n) is 22.1. The van der Waals surface area contributed by atoms with Gasteiger partial charge in [-0.1, -0.05) is 89.9 Å². The van der Waals surface area contributed by atoms with E-state index in [1.165, 1.54) is 57.8 Å². The molecule has 0 spiro atoms. The Labute approximate surface area is 213 Å². The van der Waals surface area contributed by atoms with Crippen molar-refractivity contribution in [2.45, 2.75) is 141 Å². The summed E-state index contributed by atoms with van der Waals surface area (Å²) in [6.45, 7) is 1.50. The number of aldehydes is 1. The Morgan fingerprint density at radius 1 is 0.486 bits per heavy atom. The quantitative estimate of drug-likeness (QED) is 0.0941. The SMILES string of the molecule is O=CCCC(=O)NCCCCCCCCCCCC(=O)NCCCCCCCCCCCC(=O)O. The number of hydrogen-bond donors (Lipinski definition) is 3. The molecule has 0 bridgehead atoms. The molecule has 0 saturated carbocycles. The molecule has 0 saturated heterocycles. The predicted molar refractivity (Wildman–Crippen MR) is 141 cm³/mol. The van der Waals surface area contributed by atoms with Crippen LogP contribution < -0.4 is 10.6 Å². The Bertz CT molecular complexity index is 539. The summed E-state index contributed by atoms with van der Waals surface area (Å²) < 4.78 is 0. The summed E-state index contributed by atoms with van der Waals surface area (Å²) in [6, 6.07) is 0. The van der Waals surface area contributed by atoms with Gasteiger partial charge in [-0.05, 0) is 25.7 Å². The fourth-order valence-corrected chi connectivity index (χ4v) is 4.11. The van der Waals surface area contributed by atoms with Crippen molar-refractivity contribution in [3.05, 3.63) is 0 Å². The van der Waals surface area contributed by atoms with Gasteiger partial charge in [-0.25, -0.2) is 0 Å². The highest BCUT2D eigenvalue weighted by Crippen LogP contribution is 2.12. The maximum absolute atomic E-state index is 11.9. The molecule has 7 nitrogen and oxygen atoms in total. The fourth-order valence-electron chi connectivity index (χ4n) is 4.11. The molecule has 0 rings (SSSR count). The molecule has 3 N–H and O–H groups in total. The lowest BCUT2D eigenvalue weighted by Gasteiger charge is -2.06. The van der Waals surface area contributed by atoms with Crippen molar-refractivity contribution in [1.82, 2.24) is 10.6 Å². The van der Waals surface area contributed by atoms with Crippen molar-refractivity contribution in [3.63, 3.8) is 0 Å². The van der Waals surface area contributed by atoms with Gasteiger partial charge in [0.25, 0.3) is 0 Å². The summed E-state index contributed by atoms with van der Waals surface area (Å²) in [5.74, 6) is -0.539. The van der Waals surface area contributed by atoms with Crippen molar-refractivity contribution in [2.75, 3.05) is 13.1 Å². The second-order valence-corrected chi connectivity index (χ2v) is 9.66. The molecule has 0 aliphatic rings. The van der Waals surface area contributed by atoms with Crippen LogP contribution in [0.5, 0.6) is 0 Å². The van der Waals surface area contributed by atoms with Crippen LogP contribution in [-0.4, -0.2) is 42.3 Å². The predicted octanol–water partition coefficient (Wildman–Crippen LogP) is 6.08. The monoisotopic (exact) mass is 496 g/mol. The van der Waals surface area contributed by atoms with Gasteiger partial charge in [-0.2, -0.15) is 0 Å². The van der Waals surface area contributed by atoms with Crippen molar-refractivity contribution < 1.29 is 24.3 Å². The van der Waals surface area contributed by atoms with Crippen LogP contribution in [0.3, 0.4) is 0 Å². The van der Waals surface area contributed by atoms with Gasteiger partial charge in [-0.3, -0.25) is 14.4 Å². The van der Waals surface area contributed by atoms with Crippen LogP contribution in [0.1, 0.15) is 141 Å². The van der Waals surface area contributed by atoms with Crippen molar-refractivity contribution in [1.29, 1.82) is 0 Å². The Morgan fingerprint density at radius 3 is 1.23 bits per heavy atom. The highest BCUT2D eigenvalue weighted by Gasteiger charge is 2.02. The third-order valence-electron chi connectivity index (χ3n) is 6.28. The standard InChI is InChI=1S/C28H52N2O5/c31-25-19-21-27(33)30-24-18-14-9-5-1-3-7-11-15-20-26(32)29-23-17-13-10-6-2-4-8-12-16-22-28(34)35/h25H,1-24H2,(H,29,32)(H,30,33)(H,34,35). The number of carbonyl (C=O) groups is 4. The minimum atomic E-state index is -0.693. The molecule has 0 aromatic heterocycles. The zero-order chi connectivity index (χ0) is 25.8. The third-order valence-corrected chi connectivity index (χ3v) is 6.28. The first-order chi connectivity index (χ1) is 17.1. The molecule has 0 atom stereocenters. The van der Waals surface area contributed by atoms with Crippen molar-refractivity contribution >= 4 is 24.1 Å². The van der Waals surface area contributed by atoms with E-state index in [4.69, 9.17) is 5.11 Å². The molecular formula is C28H52N2O5. The van der Waals surface area contributed by atoms with Crippen LogP contribution >= 0.6 is 0 Å². The number of nitrogens with one attached hydrogen (secondary N) is 2. The van der Waals surface area contributed by atoms with E-state index in [2.05, 4.69) is 10.6 Å². The van der Waals surface area contributed by atoms with Crippen LogP contribution in [0, 0.1) is 0 Å².